The normalized spacial score (nSPS) is 22.5. The Morgan fingerprint density at radius 3 is 2.41 bits per heavy atom. The van der Waals surface area contributed by atoms with Gasteiger partial charge in [0.15, 0.2) is 0 Å². The molecule has 0 bridgehead atoms. The highest BCUT2D eigenvalue weighted by Crippen LogP contribution is 2.44. The Bertz CT molecular complexity index is 680. The fourth-order valence-corrected chi connectivity index (χ4v) is 3.15. The van der Waals surface area contributed by atoms with Gasteiger partial charge in [0.1, 0.15) is 5.76 Å². The van der Waals surface area contributed by atoms with Gasteiger partial charge >= 0.3 is 15.6 Å². The minimum absolute atomic E-state index is 0.153. The summed E-state index contributed by atoms with van der Waals surface area (Å²) < 4.78 is 64.1. The van der Waals surface area contributed by atoms with Crippen LogP contribution in [0.4, 0.5) is 13.2 Å². The SMILES string of the molecule is CC1(Cc2ccc(Cl)cc2)CCC=C1OS(=O)(=O)C(F)(F)F. The van der Waals surface area contributed by atoms with Crippen molar-refractivity contribution >= 4 is 21.7 Å². The van der Waals surface area contributed by atoms with Gasteiger partial charge in [0, 0.05) is 10.4 Å². The molecule has 0 aliphatic heterocycles. The summed E-state index contributed by atoms with van der Waals surface area (Å²) in [5, 5.41) is 0.548. The molecule has 1 unspecified atom stereocenters. The van der Waals surface area contributed by atoms with Crippen LogP contribution in [-0.2, 0) is 20.7 Å². The summed E-state index contributed by atoms with van der Waals surface area (Å²) >= 11 is 5.79. The van der Waals surface area contributed by atoms with Crippen molar-refractivity contribution in [1.29, 1.82) is 0 Å². The molecule has 0 heterocycles. The van der Waals surface area contributed by atoms with Gasteiger partial charge in [-0.2, -0.15) is 21.6 Å². The van der Waals surface area contributed by atoms with Gasteiger partial charge < -0.3 is 4.18 Å². The summed E-state index contributed by atoms with van der Waals surface area (Å²) in [7, 11) is -5.64. The largest absolute Gasteiger partial charge is 0.534 e. The molecule has 122 valence electrons. The van der Waals surface area contributed by atoms with E-state index in [0.29, 0.717) is 24.3 Å². The number of allylic oxidation sites excluding steroid dienone is 2. The summed E-state index contributed by atoms with van der Waals surface area (Å²) in [4.78, 5) is 0. The van der Waals surface area contributed by atoms with E-state index < -0.39 is 21.0 Å². The van der Waals surface area contributed by atoms with Gasteiger partial charge in [-0.15, -0.1) is 0 Å². The van der Waals surface area contributed by atoms with E-state index in [-0.39, 0.29) is 5.76 Å². The molecule has 1 atom stereocenters. The standard InChI is InChI=1S/C14H14ClF3O3S/c1-13(9-10-4-6-11(15)7-5-10)8-2-3-12(13)21-22(19,20)14(16,17)18/h3-7H,2,8-9H2,1H3. The Balaban J connectivity index is 2.20. The van der Waals surface area contributed by atoms with Gasteiger partial charge in [-0.3, -0.25) is 0 Å². The van der Waals surface area contributed by atoms with Crippen LogP contribution in [0, 0.1) is 5.41 Å². The smallest absolute Gasteiger partial charge is 0.380 e. The molecule has 2 rings (SSSR count). The lowest BCUT2D eigenvalue weighted by Gasteiger charge is -2.27. The zero-order chi connectivity index (χ0) is 16.6. The van der Waals surface area contributed by atoms with Gasteiger partial charge in [0.2, 0.25) is 0 Å². The van der Waals surface area contributed by atoms with Gasteiger partial charge in [-0.1, -0.05) is 30.7 Å². The lowest BCUT2D eigenvalue weighted by Crippen LogP contribution is -2.29. The first kappa shape index (κ1) is 17.1. The number of hydrogen-bond donors (Lipinski definition) is 0. The summed E-state index contributed by atoms with van der Waals surface area (Å²) in [5.74, 6) is -0.153. The monoisotopic (exact) mass is 354 g/mol. The molecule has 0 amide bonds. The molecule has 0 saturated carbocycles. The van der Waals surface area contributed by atoms with Gasteiger partial charge in [0.05, 0.1) is 0 Å². The Hall–Kier alpha value is -1.21. The van der Waals surface area contributed by atoms with Crippen LogP contribution in [0.2, 0.25) is 5.02 Å². The highest BCUT2D eigenvalue weighted by molar-refractivity contribution is 7.87. The number of benzene rings is 1. The number of halogens is 4. The maximum atomic E-state index is 12.5. The second kappa shape index (κ2) is 5.77. The topological polar surface area (TPSA) is 43.4 Å². The maximum Gasteiger partial charge on any atom is 0.534 e. The van der Waals surface area contributed by atoms with E-state index in [1.165, 1.54) is 6.08 Å². The van der Waals surface area contributed by atoms with Crippen LogP contribution < -0.4 is 0 Å². The predicted molar refractivity (Wildman–Crippen MR) is 76.6 cm³/mol. The fourth-order valence-electron chi connectivity index (χ4n) is 2.42. The first-order valence-corrected chi connectivity index (χ1v) is 8.28. The number of alkyl halides is 3. The third-order valence-electron chi connectivity index (χ3n) is 3.61. The van der Waals surface area contributed by atoms with Crippen LogP contribution in [0.5, 0.6) is 0 Å². The summed E-state index contributed by atoms with van der Waals surface area (Å²) in [5.41, 5.74) is -5.39. The van der Waals surface area contributed by atoms with Crippen molar-refractivity contribution in [2.75, 3.05) is 0 Å². The molecule has 1 aliphatic rings. The molecule has 1 aliphatic carbocycles. The zero-order valence-corrected chi connectivity index (χ0v) is 13.2. The van der Waals surface area contributed by atoms with Gasteiger partial charge in [0.25, 0.3) is 0 Å². The van der Waals surface area contributed by atoms with Crippen molar-refractivity contribution in [2.45, 2.75) is 31.7 Å². The number of rotatable bonds is 4. The number of hydrogen-bond acceptors (Lipinski definition) is 3. The molecular weight excluding hydrogens is 341 g/mol. The molecule has 1 aromatic rings. The Kier molecular flexibility index (Phi) is 4.50. The van der Waals surface area contributed by atoms with E-state index >= 15 is 0 Å². The van der Waals surface area contributed by atoms with Crippen LogP contribution in [0.1, 0.15) is 25.3 Å². The molecule has 22 heavy (non-hydrogen) atoms. The van der Waals surface area contributed by atoms with E-state index in [0.717, 1.165) is 5.56 Å². The van der Waals surface area contributed by atoms with Crippen molar-refractivity contribution < 1.29 is 25.8 Å². The van der Waals surface area contributed by atoms with Crippen molar-refractivity contribution in [2.24, 2.45) is 5.41 Å². The summed E-state index contributed by atoms with van der Waals surface area (Å²) in [6, 6.07) is 6.85. The minimum Gasteiger partial charge on any atom is -0.380 e. The average Bonchev–Trinajstić information content (AvgIpc) is 2.72. The molecule has 0 fully saturated rings. The Morgan fingerprint density at radius 2 is 1.86 bits per heavy atom. The molecule has 0 radical (unpaired) electrons. The molecular formula is C14H14ClF3O3S. The van der Waals surface area contributed by atoms with Crippen LogP contribution in [0.15, 0.2) is 36.1 Å². The first-order chi connectivity index (χ1) is 10.0. The summed E-state index contributed by atoms with van der Waals surface area (Å²) in [6.45, 7) is 1.69. The summed E-state index contributed by atoms with van der Waals surface area (Å²) in [6.07, 6.45) is 2.74. The molecule has 0 saturated heterocycles. The van der Waals surface area contributed by atoms with E-state index in [1.54, 1.807) is 31.2 Å². The first-order valence-electron chi connectivity index (χ1n) is 6.49. The third kappa shape index (κ3) is 3.57. The van der Waals surface area contributed by atoms with Crippen LogP contribution in [0.3, 0.4) is 0 Å². The highest BCUT2D eigenvalue weighted by Gasteiger charge is 2.50. The van der Waals surface area contributed by atoms with Crippen molar-refractivity contribution in [1.82, 2.24) is 0 Å². The second-order valence-electron chi connectivity index (χ2n) is 5.45. The van der Waals surface area contributed by atoms with E-state index in [9.17, 15) is 21.6 Å². The van der Waals surface area contributed by atoms with Crippen molar-refractivity contribution in [3.63, 3.8) is 0 Å². The van der Waals surface area contributed by atoms with E-state index in [1.807, 2.05) is 0 Å². The lowest BCUT2D eigenvalue weighted by atomic mass is 9.82. The van der Waals surface area contributed by atoms with Crippen molar-refractivity contribution in [3.05, 3.63) is 46.7 Å². The molecule has 1 aromatic carbocycles. The lowest BCUT2D eigenvalue weighted by molar-refractivity contribution is -0.0531. The van der Waals surface area contributed by atoms with E-state index in [4.69, 9.17) is 11.6 Å². The molecule has 8 heteroatoms. The zero-order valence-electron chi connectivity index (χ0n) is 11.7. The molecule has 3 nitrogen and oxygen atoms in total. The molecule has 0 aromatic heterocycles. The van der Waals surface area contributed by atoms with E-state index in [2.05, 4.69) is 4.18 Å². The second-order valence-corrected chi connectivity index (χ2v) is 7.43. The average molecular weight is 355 g/mol. The van der Waals surface area contributed by atoms with Crippen LogP contribution in [0.25, 0.3) is 0 Å². The molecule has 0 spiro atoms. The predicted octanol–water partition coefficient (Wildman–Crippen LogP) is 4.43. The fraction of sp³-hybridized carbons (Fsp3) is 0.429. The maximum absolute atomic E-state index is 12.5. The quantitative estimate of drug-likeness (QED) is 0.593. The highest BCUT2D eigenvalue weighted by atomic mass is 35.5. The third-order valence-corrected chi connectivity index (χ3v) is 4.83. The van der Waals surface area contributed by atoms with Crippen molar-refractivity contribution in [3.8, 4) is 0 Å². The van der Waals surface area contributed by atoms with Crippen LogP contribution in [-0.4, -0.2) is 13.9 Å². The molecule has 0 N–H and O–H groups in total. The van der Waals surface area contributed by atoms with Gasteiger partial charge in [-0.05, 0) is 43.0 Å². The van der Waals surface area contributed by atoms with Crippen LogP contribution >= 0.6 is 11.6 Å². The van der Waals surface area contributed by atoms with Gasteiger partial charge in [-0.25, -0.2) is 0 Å². The Labute approximate surface area is 131 Å². The minimum atomic E-state index is -5.64. The Morgan fingerprint density at radius 1 is 1.27 bits per heavy atom.